The van der Waals surface area contributed by atoms with Gasteiger partial charge in [0, 0.05) is 21.6 Å². The van der Waals surface area contributed by atoms with Gasteiger partial charge in [-0.15, -0.1) is 11.8 Å². The zero-order valence-electron chi connectivity index (χ0n) is 23.5. The number of amides is 2. The van der Waals surface area contributed by atoms with E-state index in [-0.39, 0.29) is 45.6 Å². The fraction of sp³-hybridized carbons (Fsp3) is 0.438. The Bertz CT molecular complexity index is 1660. The molecule has 1 saturated heterocycles. The number of carbonyl (C=O) groups excluding carboxylic acids is 2. The van der Waals surface area contributed by atoms with Gasteiger partial charge in [-0.05, 0) is 48.6 Å². The highest BCUT2D eigenvalue weighted by Gasteiger charge is 2.70. The Balaban J connectivity index is 1.28. The molecule has 8 atom stereocenters. The number of ether oxygens (including phenoxy) is 1. The number of rotatable bonds is 7. The SMILES string of the molecule is Cc1cccc(COc2ccccc2[C@H]2c3sc(=O)[nH]c3SC3C4CC(C5C(=O)N(C(C(=O)O)C(C)C)C(=O)C45)C32)c1. The van der Waals surface area contributed by atoms with Crippen LogP contribution >= 0.6 is 23.1 Å². The lowest BCUT2D eigenvalue weighted by molar-refractivity contribution is -0.157. The average molecular weight is 605 g/mol. The molecule has 2 aromatic carbocycles. The Morgan fingerprint density at radius 1 is 1.07 bits per heavy atom. The van der Waals surface area contributed by atoms with Crippen molar-refractivity contribution in [3.63, 3.8) is 0 Å². The summed E-state index contributed by atoms with van der Waals surface area (Å²) in [5.74, 6) is -2.91. The number of thiazole rings is 1. The number of carboxylic acids is 1. The fourth-order valence-corrected chi connectivity index (χ4v) is 11.1. The lowest BCUT2D eigenvalue weighted by atomic mass is 9.68. The summed E-state index contributed by atoms with van der Waals surface area (Å²) in [7, 11) is 0. The van der Waals surface area contributed by atoms with E-state index in [9.17, 15) is 24.3 Å². The molecule has 8 nitrogen and oxygen atoms in total. The number of carbonyl (C=O) groups is 3. The summed E-state index contributed by atoms with van der Waals surface area (Å²) >= 11 is 2.82. The Morgan fingerprint density at radius 2 is 1.81 bits per heavy atom. The minimum Gasteiger partial charge on any atom is -0.489 e. The molecule has 3 fully saturated rings. The van der Waals surface area contributed by atoms with Crippen molar-refractivity contribution in [3.05, 3.63) is 79.8 Å². The van der Waals surface area contributed by atoms with E-state index in [0.717, 1.165) is 43.7 Å². The number of aliphatic carboxylic acids is 1. The predicted octanol–water partition coefficient (Wildman–Crippen LogP) is 4.91. The number of para-hydroxylation sites is 1. The molecule has 42 heavy (non-hydrogen) atoms. The third-order valence-electron chi connectivity index (χ3n) is 9.65. The van der Waals surface area contributed by atoms with Crippen LogP contribution in [0.1, 0.15) is 47.8 Å². The first kappa shape index (κ1) is 27.5. The van der Waals surface area contributed by atoms with Gasteiger partial charge in [0.05, 0.1) is 16.9 Å². The summed E-state index contributed by atoms with van der Waals surface area (Å²) in [6, 6.07) is 14.9. The number of hydrogen-bond donors (Lipinski definition) is 2. The lowest BCUT2D eigenvalue weighted by Gasteiger charge is -2.43. The second kappa shape index (κ2) is 10.1. The van der Waals surface area contributed by atoms with E-state index in [1.54, 1.807) is 25.6 Å². The minimum absolute atomic E-state index is 0.00273. The molecule has 7 unspecified atom stereocenters. The van der Waals surface area contributed by atoms with Gasteiger partial charge in [0.15, 0.2) is 0 Å². The fourth-order valence-electron chi connectivity index (χ4n) is 8.19. The van der Waals surface area contributed by atoms with Gasteiger partial charge in [0.1, 0.15) is 18.4 Å². The van der Waals surface area contributed by atoms with Crippen LogP contribution in [0.3, 0.4) is 0 Å². The molecule has 3 aromatic rings. The first-order valence-corrected chi connectivity index (χ1v) is 16.1. The number of aromatic amines is 1. The lowest BCUT2D eigenvalue weighted by Crippen LogP contribution is -2.49. The number of aromatic nitrogens is 1. The first-order valence-electron chi connectivity index (χ1n) is 14.4. The van der Waals surface area contributed by atoms with E-state index < -0.39 is 29.8 Å². The van der Waals surface area contributed by atoms with Crippen molar-refractivity contribution >= 4 is 40.9 Å². The summed E-state index contributed by atoms with van der Waals surface area (Å²) < 4.78 is 6.42. The Kier molecular flexibility index (Phi) is 6.62. The van der Waals surface area contributed by atoms with Crippen LogP contribution in [0.2, 0.25) is 0 Å². The highest BCUT2D eigenvalue weighted by atomic mass is 32.2. The number of benzene rings is 2. The van der Waals surface area contributed by atoms with Gasteiger partial charge in [0.25, 0.3) is 0 Å². The summed E-state index contributed by atoms with van der Waals surface area (Å²) in [4.78, 5) is 57.4. The van der Waals surface area contributed by atoms with Gasteiger partial charge < -0.3 is 14.8 Å². The van der Waals surface area contributed by atoms with Crippen molar-refractivity contribution in [2.24, 2.45) is 35.5 Å². The molecule has 2 N–H and O–H groups in total. The van der Waals surface area contributed by atoms with E-state index in [4.69, 9.17) is 4.74 Å². The molecule has 2 bridgehead atoms. The van der Waals surface area contributed by atoms with E-state index >= 15 is 0 Å². The third kappa shape index (κ3) is 4.09. The maximum Gasteiger partial charge on any atom is 0.327 e. The molecule has 4 aliphatic rings. The van der Waals surface area contributed by atoms with Crippen molar-refractivity contribution in [2.75, 3.05) is 0 Å². The molecule has 2 aliphatic carbocycles. The quantitative estimate of drug-likeness (QED) is 0.368. The van der Waals surface area contributed by atoms with Crippen molar-refractivity contribution in [1.82, 2.24) is 9.88 Å². The van der Waals surface area contributed by atoms with Crippen LogP contribution in [0.15, 0.2) is 58.4 Å². The zero-order chi connectivity index (χ0) is 29.4. The molecule has 2 aliphatic heterocycles. The van der Waals surface area contributed by atoms with Gasteiger partial charge >= 0.3 is 10.8 Å². The zero-order valence-corrected chi connectivity index (χ0v) is 25.1. The largest absolute Gasteiger partial charge is 0.489 e. The second-order valence-corrected chi connectivity index (χ2v) is 14.6. The minimum atomic E-state index is -1.17. The molecular formula is C32H32N2O6S2. The maximum atomic E-state index is 13.9. The maximum absolute atomic E-state index is 13.9. The van der Waals surface area contributed by atoms with Crippen molar-refractivity contribution in [3.8, 4) is 5.75 Å². The van der Waals surface area contributed by atoms with Crippen LogP contribution < -0.4 is 9.61 Å². The number of hydrogen-bond acceptors (Lipinski definition) is 7. The summed E-state index contributed by atoms with van der Waals surface area (Å²) in [5, 5.41) is 10.8. The molecule has 1 aromatic heterocycles. The normalized spacial score (nSPS) is 29.9. The van der Waals surface area contributed by atoms with Crippen LogP contribution in [-0.2, 0) is 21.0 Å². The van der Waals surface area contributed by atoms with Gasteiger partial charge in [0.2, 0.25) is 11.8 Å². The van der Waals surface area contributed by atoms with E-state index in [0.29, 0.717) is 6.61 Å². The number of likely N-dealkylation sites (tertiary alicyclic amines) is 1. The predicted molar refractivity (Wildman–Crippen MR) is 159 cm³/mol. The van der Waals surface area contributed by atoms with Crippen LogP contribution in [0, 0.1) is 42.4 Å². The van der Waals surface area contributed by atoms with Gasteiger partial charge in [-0.3, -0.25) is 19.3 Å². The number of H-pyrrole nitrogens is 1. The van der Waals surface area contributed by atoms with Crippen LogP contribution in [-0.4, -0.2) is 44.1 Å². The second-order valence-electron chi connectivity index (χ2n) is 12.3. The summed E-state index contributed by atoms with van der Waals surface area (Å²) in [6.07, 6.45) is 0.740. The number of imide groups is 1. The molecule has 10 heteroatoms. The van der Waals surface area contributed by atoms with Gasteiger partial charge in [-0.1, -0.05) is 73.2 Å². The number of fused-ring (bicyclic) bond motifs is 9. The molecule has 2 amide bonds. The van der Waals surface area contributed by atoms with Crippen LogP contribution in [0.5, 0.6) is 5.75 Å². The van der Waals surface area contributed by atoms with Gasteiger partial charge in [-0.2, -0.15) is 0 Å². The number of thioether (sulfide) groups is 1. The standard InChI is InChI=1S/C32H32N2O6S2/c1-14(2)25(31(37)38)34-29(35)23-18-12-19(24(23)30(34)36)26-22(18)21(27-28(41-26)33-32(39)42-27)17-9-4-5-10-20(17)40-13-16-8-6-7-15(3)11-16/h4-11,14,18-19,21-26H,12-13H2,1-3H3,(H,33,39)(H,37,38)/t18?,19?,21-,22?,23?,24?,25?,26?/m1/s1. The molecule has 0 radical (unpaired) electrons. The highest BCUT2D eigenvalue weighted by molar-refractivity contribution is 8.00. The van der Waals surface area contributed by atoms with Crippen molar-refractivity contribution in [1.29, 1.82) is 0 Å². The number of carboxylic acid groups (broad SMARTS) is 1. The Hall–Kier alpha value is -3.37. The molecule has 7 rings (SSSR count). The van der Waals surface area contributed by atoms with E-state index in [2.05, 4.69) is 11.1 Å². The molecule has 218 valence electrons. The highest BCUT2D eigenvalue weighted by Crippen LogP contribution is 2.69. The molecule has 2 saturated carbocycles. The monoisotopic (exact) mass is 604 g/mol. The molecule has 0 spiro atoms. The van der Waals surface area contributed by atoms with Crippen molar-refractivity contribution < 1.29 is 24.2 Å². The van der Waals surface area contributed by atoms with Crippen LogP contribution in [0.4, 0.5) is 0 Å². The third-order valence-corrected chi connectivity index (χ3v) is 12.2. The van der Waals surface area contributed by atoms with E-state index in [1.165, 1.54) is 11.3 Å². The summed E-state index contributed by atoms with van der Waals surface area (Å²) in [6.45, 7) is 5.91. The average Bonchev–Trinajstić information content (AvgIpc) is 3.68. The number of nitrogens with one attached hydrogen (secondary N) is 1. The summed E-state index contributed by atoms with van der Waals surface area (Å²) in [5.41, 5.74) is 3.19. The van der Waals surface area contributed by atoms with Crippen molar-refractivity contribution in [2.45, 2.75) is 56.0 Å². The van der Waals surface area contributed by atoms with Crippen LogP contribution in [0.25, 0.3) is 0 Å². The van der Waals surface area contributed by atoms with E-state index in [1.807, 2.05) is 49.4 Å². The first-order chi connectivity index (χ1) is 20.2. The van der Waals surface area contributed by atoms with Gasteiger partial charge in [-0.25, -0.2) is 4.79 Å². The smallest absolute Gasteiger partial charge is 0.327 e. The molecular weight excluding hydrogens is 572 g/mol. The Labute approximate surface area is 251 Å². The Morgan fingerprint density at radius 3 is 2.52 bits per heavy atom. The number of nitrogens with zero attached hydrogens (tertiary/aromatic N) is 1. The topological polar surface area (TPSA) is 117 Å². The number of aryl methyl sites for hydroxylation is 1. The molecule has 3 heterocycles.